The minimum atomic E-state index is -2.69. The minimum Gasteiger partial charge on any atom is -0.496 e. The smallest absolute Gasteiger partial charge is 0.459 e. The molecule has 34 heavy (non-hydrogen) atoms. The summed E-state index contributed by atoms with van der Waals surface area (Å²) in [7, 11) is 0.138. The van der Waals surface area contributed by atoms with Gasteiger partial charge in [-0.15, -0.1) is 0 Å². The second-order valence-corrected chi connectivity index (χ2v) is 8.46. The Morgan fingerprint density at radius 2 is 1.21 bits per heavy atom. The van der Waals surface area contributed by atoms with Gasteiger partial charge in [0.2, 0.25) is 11.1 Å². The lowest BCUT2D eigenvalue weighted by Gasteiger charge is -2.14. The summed E-state index contributed by atoms with van der Waals surface area (Å²) in [6.45, 7) is 4.31. The van der Waals surface area contributed by atoms with Gasteiger partial charge in [0.15, 0.2) is 5.56 Å². The molecule has 0 aromatic heterocycles. The fourth-order valence-electron chi connectivity index (χ4n) is 3.54. The molecule has 0 aliphatic heterocycles. The molecular weight excluding hydrogens is 455 g/mol. The predicted octanol–water partition coefficient (Wildman–Crippen LogP) is 5.03. The molecule has 0 N–H and O–H groups in total. The van der Waals surface area contributed by atoms with Gasteiger partial charge < -0.3 is 18.9 Å². The maximum atomic E-state index is 13.7. The van der Waals surface area contributed by atoms with Crippen molar-refractivity contribution in [1.29, 1.82) is 0 Å². The number of methoxy groups -OCH3 is 2. The first kappa shape index (κ1) is 24.9. The van der Waals surface area contributed by atoms with Gasteiger partial charge in [0, 0.05) is 0 Å². The molecule has 0 saturated carbocycles. The molecule has 0 amide bonds. The Balaban J connectivity index is 2.12. The van der Waals surface area contributed by atoms with E-state index in [2.05, 4.69) is 0 Å². The van der Waals surface area contributed by atoms with Gasteiger partial charge in [-0.05, 0) is 50.2 Å². The van der Waals surface area contributed by atoms with Gasteiger partial charge in [0.25, 0.3) is 0 Å². The zero-order valence-electron chi connectivity index (χ0n) is 19.5. The average Bonchev–Trinajstić information content (AvgIpc) is 2.87. The second kappa shape index (κ2) is 11.4. The van der Waals surface area contributed by atoms with Crippen molar-refractivity contribution in [2.24, 2.45) is 0 Å². The SMILES string of the molecule is CCOc1cccc(OCC)c1C(=O)c1ccccc1[P+](=O)C(=O)c1c(OC)cccc1OC. The second-order valence-electron chi connectivity index (χ2n) is 6.98. The lowest BCUT2D eigenvalue weighted by atomic mass is 10.0. The summed E-state index contributed by atoms with van der Waals surface area (Å²) in [5.74, 6) is 0.710. The highest BCUT2D eigenvalue weighted by molar-refractivity contribution is 7.71. The molecule has 0 aliphatic rings. The molecule has 0 spiro atoms. The topological polar surface area (TPSA) is 88.1 Å². The largest absolute Gasteiger partial charge is 0.496 e. The van der Waals surface area contributed by atoms with E-state index in [-0.39, 0.29) is 33.5 Å². The maximum absolute atomic E-state index is 13.7. The van der Waals surface area contributed by atoms with Crippen molar-refractivity contribution in [2.75, 3.05) is 27.4 Å². The lowest BCUT2D eigenvalue weighted by molar-refractivity contribution is 0.103. The number of rotatable bonds is 11. The fraction of sp³-hybridized carbons (Fsp3) is 0.231. The Hall–Kier alpha value is -3.70. The maximum Gasteiger partial charge on any atom is 0.459 e. The Morgan fingerprint density at radius 1 is 0.706 bits per heavy atom. The van der Waals surface area contributed by atoms with Crippen molar-refractivity contribution in [1.82, 2.24) is 0 Å². The quantitative estimate of drug-likeness (QED) is 0.281. The van der Waals surface area contributed by atoms with E-state index >= 15 is 0 Å². The molecule has 1 unspecified atom stereocenters. The molecule has 7 nitrogen and oxygen atoms in total. The molecule has 0 aliphatic carbocycles. The van der Waals surface area contributed by atoms with E-state index < -0.39 is 19.1 Å². The van der Waals surface area contributed by atoms with Crippen LogP contribution >= 0.6 is 7.80 Å². The Labute approximate surface area is 199 Å². The summed E-state index contributed by atoms with van der Waals surface area (Å²) in [6.07, 6.45) is 0. The van der Waals surface area contributed by atoms with Crippen molar-refractivity contribution in [3.05, 3.63) is 77.4 Å². The third kappa shape index (κ3) is 4.95. The molecule has 0 bridgehead atoms. The van der Waals surface area contributed by atoms with E-state index in [9.17, 15) is 14.2 Å². The van der Waals surface area contributed by atoms with Crippen LogP contribution in [0.3, 0.4) is 0 Å². The Kier molecular flexibility index (Phi) is 8.39. The summed E-state index contributed by atoms with van der Waals surface area (Å²) >= 11 is 0. The number of hydrogen-bond donors (Lipinski definition) is 0. The van der Waals surface area contributed by atoms with E-state index in [1.165, 1.54) is 26.4 Å². The first-order chi connectivity index (χ1) is 16.5. The molecule has 1 atom stereocenters. The van der Waals surface area contributed by atoms with Gasteiger partial charge in [-0.2, -0.15) is 0 Å². The van der Waals surface area contributed by atoms with Crippen LogP contribution in [-0.2, 0) is 4.57 Å². The van der Waals surface area contributed by atoms with Crippen LogP contribution < -0.4 is 24.3 Å². The van der Waals surface area contributed by atoms with Crippen LogP contribution in [0.2, 0.25) is 0 Å². The van der Waals surface area contributed by atoms with Gasteiger partial charge in [-0.25, -0.2) is 4.79 Å². The van der Waals surface area contributed by atoms with Gasteiger partial charge in [0.1, 0.15) is 28.6 Å². The summed E-state index contributed by atoms with van der Waals surface area (Å²) in [4.78, 5) is 27.1. The van der Waals surface area contributed by atoms with Gasteiger partial charge in [0.05, 0.1) is 33.0 Å². The molecule has 3 aromatic carbocycles. The molecule has 0 saturated heterocycles. The summed E-state index contributed by atoms with van der Waals surface area (Å²) in [6, 6.07) is 16.2. The number of carbonyl (C=O) groups excluding carboxylic acids is 2. The predicted molar refractivity (Wildman–Crippen MR) is 130 cm³/mol. The normalized spacial score (nSPS) is 10.9. The number of ketones is 1. The molecule has 0 radical (unpaired) electrons. The van der Waals surface area contributed by atoms with Crippen molar-refractivity contribution in [3.8, 4) is 23.0 Å². The zero-order valence-corrected chi connectivity index (χ0v) is 20.4. The van der Waals surface area contributed by atoms with E-state index in [1.54, 1.807) is 48.5 Å². The lowest BCUT2D eigenvalue weighted by Crippen LogP contribution is -2.18. The average molecular weight is 481 g/mol. The number of hydrogen-bond acceptors (Lipinski definition) is 7. The number of carbonyl (C=O) groups is 2. The molecule has 0 heterocycles. The van der Waals surface area contributed by atoms with Crippen molar-refractivity contribution in [3.63, 3.8) is 0 Å². The van der Waals surface area contributed by atoms with E-state index in [0.717, 1.165) is 0 Å². The Morgan fingerprint density at radius 3 is 1.71 bits per heavy atom. The van der Waals surface area contributed by atoms with Gasteiger partial charge >= 0.3 is 13.3 Å². The highest BCUT2D eigenvalue weighted by atomic mass is 31.1. The summed E-state index contributed by atoms with van der Waals surface area (Å²) in [5.41, 5.74) is -0.309. The van der Waals surface area contributed by atoms with Crippen LogP contribution in [0.5, 0.6) is 23.0 Å². The van der Waals surface area contributed by atoms with Crippen LogP contribution in [0.15, 0.2) is 60.7 Å². The first-order valence-corrected chi connectivity index (χ1v) is 12.0. The van der Waals surface area contributed by atoms with Crippen molar-refractivity contribution >= 4 is 24.4 Å². The van der Waals surface area contributed by atoms with E-state index in [4.69, 9.17) is 18.9 Å². The Bertz CT molecular complexity index is 1170. The number of benzene rings is 3. The highest BCUT2D eigenvalue weighted by Gasteiger charge is 2.41. The van der Waals surface area contributed by atoms with Crippen LogP contribution in [0.4, 0.5) is 0 Å². The van der Waals surface area contributed by atoms with E-state index in [1.807, 2.05) is 13.8 Å². The third-order valence-corrected chi connectivity index (χ3v) is 6.43. The third-order valence-electron chi connectivity index (χ3n) is 5.01. The van der Waals surface area contributed by atoms with Crippen LogP contribution in [0.1, 0.15) is 40.1 Å². The van der Waals surface area contributed by atoms with E-state index in [0.29, 0.717) is 24.7 Å². The highest BCUT2D eigenvalue weighted by Crippen LogP contribution is 2.38. The molecular formula is C26H26O7P+. The fourth-order valence-corrected chi connectivity index (χ4v) is 4.80. The van der Waals surface area contributed by atoms with Crippen LogP contribution in [-0.4, -0.2) is 38.7 Å². The molecule has 0 fully saturated rings. The van der Waals surface area contributed by atoms with Crippen molar-refractivity contribution in [2.45, 2.75) is 13.8 Å². The first-order valence-electron chi connectivity index (χ1n) is 10.7. The monoisotopic (exact) mass is 481 g/mol. The molecule has 3 rings (SSSR count). The summed E-state index contributed by atoms with van der Waals surface area (Å²) < 4.78 is 35.5. The number of ether oxygens (including phenoxy) is 4. The van der Waals surface area contributed by atoms with Crippen LogP contribution in [0.25, 0.3) is 0 Å². The molecule has 176 valence electrons. The van der Waals surface area contributed by atoms with Crippen LogP contribution in [0, 0.1) is 0 Å². The van der Waals surface area contributed by atoms with Crippen molar-refractivity contribution < 1.29 is 33.1 Å². The minimum absolute atomic E-state index is 0.0561. The van der Waals surface area contributed by atoms with Gasteiger partial charge in [-0.3, -0.25) is 4.79 Å². The van der Waals surface area contributed by atoms with Gasteiger partial charge in [-0.1, -0.05) is 28.8 Å². The standard InChI is InChI=1S/C26H26O7P/c1-5-32-20-14-10-15-21(33-6-2)23(20)25(27)17-11-7-8-16-22(17)34(29)26(28)24-18(30-3)12-9-13-19(24)31-4/h7-16H,5-6H2,1-4H3/q+1. The molecule has 8 heteroatoms. The molecule has 3 aromatic rings. The summed E-state index contributed by atoms with van der Waals surface area (Å²) in [5, 5.41) is 0.106. The zero-order chi connectivity index (χ0) is 24.7.